The molecule has 3 N–H and O–H groups in total. The molecule has 5 nitrogen and oxygen atoms in total. The molecule has 0 aliphatic carbocycles. The number of primary amides is 1. The van der Waals surface area contributed by atoms with Gasteiger partial charge in [0.2, 0.25) is 0 Å². The molecule has 0 aliphatic rings. The number of hydrazone groups is 1. The van der Waals surface area contributed by atoms with Gasteiger partial charge in [-0.25, -0.2) is 14.6 Å². The molecule has 0 radical (unpaired) electrons. The highest BCUT2D eigenvalue weighted by Crippen LogP contribution is 2.12. The van der Waals surface area contributed by atoms with E-state index < -0.39 is 6.03 Å². The van der Waals surface area contributed by atoms with E-state index in [-0.39, 0.29) is 18.5 Å². The van der Waals surface area contributed by atoms with Crippen LogP contribution in [0.4, 0.5) is 9.18 Å². The van der Waals surface area contributed by atoms with Crippen LogP contribution >= 0.6 is 0 Å². The fourth-order valence-corrected chi connectivity index (χ4v) is 1.34. The molecule has 0 bridgehead atoms. The first-order valence-corrected chi connectivity index (χ1v) is 6.01. The quantitative estimate of drug-likeness (QED) is 0.612. The largest absolute Gasteiger partial charge is 0.374 e. The van der Waals surface area contributed by atoms with Crippen molar-refractivity contribution in [3.63, 3.8) is 0 Å². The Labute approximate surface area is 111 Å². The second-order valence-electron chi connectivity index (χ2n) is 4.11. The van der Waals surface area contributed by atoms with Gasteiger partial charge in [0.25, 0.3) is 0 Å². The molecule has 0 heterocycles. The predicted octanol–water partition coefficient (Wildman–Crippen LogP) is 2.14. The molecule has 1 aromatic carbocycles. The van der Waals surface area contributed by atoms with Crippen molar-refractivity contribution in [1.82, 2.24) is 5.43 Å². The van der Waals surface area contributed by atoms with E-state index >= 15 is 0 Å². The topological polar surface area (TPSA) is 76.7 Å². The third kappa shape index (κ3) is 5.48. The Kier molecular flexibility index (Phi) is 5.95. The van der Waals surface area contributed by atoms with Gasteiger partial charge < -0.3 is 10.5 Å². The van der Waals surface area contributed by atoms with Gasteiger partial charge in [-0.15, -0.1) is 0 Å². The number of nitrogens with zero attached hydrogens (tertiary/aromatic N) is 1. The van der Waals surface area contributed by atoms with Crippen LogP contribution in [-0.4, -0.2) is 18.3 Å². The Hall–Kier alpha value is -1.95. The lowest BCUT2D eigenvalue weighted by atomic mass is 10.1. The van der Waals surface area contributed by atoms with Crippen molar-refractivity contribution in [1.29, 1.82) is 0 Å². The summed E-state index contributed by atoms with van der Waals surface area (Å²) < 4.78 is 18.8. The molecule has 6 heteroatoms. The molecule has 19 heavy (non-hydrogen) atoms. The van der Waals surface area contributed by atoms with Gasteiger partial charge in [-0.3, -0.25) is 0 Å². The van der Waals surface area contributed by atoms with E-state index in [1.54, 1.807) is 6.07 Å². The number of halogens is 1. The highest BCUT2D eigenvalue weighted by molar-refractivity contribution is 5.83. The molecule has 1 rings (SSSR count). The number of rotatable bonds is 6. The summed E-state index contributed by atoms with van der Waals surface area (Å²) in [5.41, 5.74) is 8.30. The summed E-state index contributed by atoms with van der Waals surface area (Å²) in [6, 6.07) is 3.51. The first-order valence-electron chi connectivity index (χ1n) is 6.01. The fraction of sp³-hybridized carbons (Fsp3) is 0.385. The maximum absolute atomic E-state index is 13.2. The van der Waals surface area contributed by atoms with Crippen molar-refractivity contribution in [2.24, 2.45) is 10.8 Å². The van der Waals surface area contributed by atoms with E-state index in [4.69, 9.17) is 10.5 Å². The summed E-state index contributed by atoms with van der Waals surface area (Å²) in [4.78, 5) is 10.5. The van der Waals surface area contributed by atoms with Crippen molar-refractivity contribution >= 4 is 12.2 Å². The first kappa shape index (κ1) is 15.1. The number of hydrogen-bond acceptors (Lipinski definition) is 3. The molecular formula is C13H18FN3O2. The maximum Gasteiger partial charge on any atom is 0.332 e. The summed E-state index contributed by atoms with van der Waals surface area (Å²) in [5, 5.41) is 3.65. The molecule has 2 amide bonds. The normalized spacial score (nSPS) is 12.6. The first-order chi connectivity index (χ1) is 9.02. The van der Waals surface area contributed by atoms with E-state index in [2.05, 4.69) is 10.5 Å². The molecular weight excluding hydrogens is 249 g/mol. The fourth-order valence-electron chi connectivity index (χ4n) is 1.34. The van der Waals surface area contributed by atoms with Crippen LogP contribution in [0.1, 0.15) is 31.4 Å². The van der Waals surface area contributed by atoms with Crippen LogP contribution in [0.3, 0.4) is 0 Å². The standard InChI is InChI=1S/C13H18FN3O2/c1-3-9(2)19-8-11-6-12(14)5-4-10(11)7-16-17-13(15)18/h4-7,9H,3,8H2,1-2H3,(H3,15,17,18). The van der Waals surface area contributed by atoms with Crippen LogP contribution < -0.4 is 11.2 Å². The minimum absolute atomic E-state index is 0.0943. The number of carbonyl (C=O) groups is 1. The highest BCUT2D eigenvalue weighted by Gasteiger charge is 2.05. The number of nitrogens with one attached hydrogen (secondary N) is 1. The summed E-state index contributed by atoms with van der Waals surface area (Å²) in [6.07, 6.45) is 2.37. The number of hydrogen-bond donors (Lipinski definition) is 2. The second kappa shape index (κ2) is 7.48. The maximum atomic E-state index is 13.2. The number of benzene rings is 1. The third-order valence-electron chi connectivity index (χ3n) is 2.58. The summed E-state index contributed by atoms with van der Waals surface area (Å²) in [6.45, 7) is 4.24. The zero-order valence-electron chi connectivity index (χ0n) is 11.0. The monoisotopic (exact) mass is 267 g/mol. The number of urea groups is 1. The number of nitrogens with two attached hydrogens (primary N) is 1. The smallest absolute Gasteiger partial charge is 0.332 e. The van der Waals surface area contributed by atoms with Crippen molar-refractivity contribution < 1.29 is 13.9 Å². The Bertz CT molecular complexity index is 463. The minimum Gasteiger partial charge on any atom is -0.374 e. The highest BCUT2D eigenvalue weighted by atomic mass is 19.1. The number of ether oxygens (including phenoxy) is 1. The van der Waals surface area contributed by atoms with E-state index in [1.807, 2.05) is 13.8 Å². The molecule has 104 valence electrons. The van der Waals surface area contributed by atoms with Gasteiger partial charge in [-0.05, 0) is 31.0 Å². The summed E-state index contributed by atoms with van der Waals surface area (Å²) in [5.74, 6) is -0.345. The lowest BCUT2D eigenvalue weighted by Crippen LogP contribution is -2.24. The van der Waals surface area contributed by atoms with E-state index in [9.17, 15) is 9.18 Å². The van der Waals surface area contributed by atoms with Crippen LogP contribution in [0.25, 0.3) is 0 Å². The average Bonchev–Trinajstić information content (AvgIpc) is 2.37. The SMILES string of the molecule is CCC(C)OCc1cc(F)ccc1C=NNC(N)=O. The zero-order chi connectivity index (χ0) is 14.3. The van der Waals surface area contributed by atoms with Crippen molar-refractivity contribution in [3.05, 3.63) is 35.1 Å². The van der Waals surface area contributed by atoms with Crippen molar-refractivity contribution in [2.75, 3.05) is 0 Å². The van der Waals surface area contributed by atoms with Gasteiger partial charge >= 0.3 is 6.03 Å². The van der Waals surface area contributed by atoms with E-state index in [0.717, 1.165) is 6.42 Å². The molecule has 1 aromatic rings. The zero-order valence-corrected chi connectivity index (χ0v) is 11.0. The second-order valence-corrected chi connectivity index (χ2v) is 4.11. The number of carbonyl (C=O) groups excluding carboxylic acids is 1. The molecule has 0 saturated carbocycles. The van der Waals surface area contributed by atoms with Gasteiger partial charge in [0.05, 0.1) is 18.9 Å². The Morgan fingerprint density at radius 3 is 3.00 bits per heavy atom. The summed E-state index contributed by atoms with van der Waals surface area (Å²) in [7, 11) is 0. The molecule has 0 saturated heterocycles. The van der Waals surface area contributed by atoms with Gasteiger partial charge in [0, 0.05) is 5.56 Å². The molecule has 0 aliphatic heterocycles. The van der Waals surface area contributed by atoms with Gasteiger partial charge in [-0.2, -0.15) is 5.10 Å². The van der Waals surface area contributed by atoms with Gasteiger partial charge in [0.15, 0.2) is 0 Å². The Morgan fingerprint density at radius 1 is 1.63 bits per heavy atom. The predicted molar refractivity (Wildman–Crippen MR) is 71.3 cm³/mol. The van der Waals surface area contributed by atoms with Crippen LogP contribution in [-0.2, 0) is 11.3 Å². The van der Waals surface area contributed by atoms with Crippen molar-refractivity contribution in [2.45, 2.75) is 33.0 Å². The van der Waals surface area contributed by atoms with E-state index in [0.29, 0.717) is 11.1 Å². The van der Waals surface area contributed by atoms with Crippen molar-refractivity contribution in [3.8, 4) is 0 Å². The van der Waals surface area contributed by atoms with Gasteiger partial charge in [0.1, 0.15) is 5.82 Å². The molecule has 0 aromatic heterocycles. The Morgan fingerprint density at radius 2 is 2.37 bits per heavy atom. The molecule has 1 unspecified atom stereocenters. The molecule has 1 atom stereocenters. The number of amides is 2. The molecule has 0 spiro atoms. The van der Waals surface area contributed by atoms with Crippen LogP contribution in [0.15, 0.2) is 23.3 Å². The third-order valence-corrected chi connectivity index (χ3v) is 2.58. The average molecular weight is 267 g/mol. The van der Waals surface area contributed by atoms with Crippen LogP contribution in [0.5, 0.6) is 0 Å². The molecule has 0 fully saturated rings. The summed E-state index contributed by atoms with van der Waals surface area (Å²) >= 11 is 0. The van der Waals surface area contributed by atoms with Crippen LogP contribution in [0.2, 0.25) is 0 Å². The lowest BCUT2D eigenvalue weighted by molar-refractivity contribution is 0.0506. The van der Waals surface area contributed by atoms with E-state index in [1.165, 1.54) is 18.3 Å². The lowest BCUT2D eigenvalue weighted by Gasteiger charge is -2.12. The van der Waals surface area contributed by atoms with Crippen LogP contribution in [0, 0.1) is 5.82 Å². The van der Waals surface area contributed by atoms with Gasteiger partial charge in [-0.1, -0.05) is 13.0 Å². The Balaban J connectivity index is 2.79. The minimum atomic E-state index is -0.754.